The third-order valence-electron chi connectivity index (χ3n) is 4.39. The van der Waals surface area contributed by atoms with Crippen LogP contribution in [0.15, 0.2) is 24.3 Å². The van der Waals surface area contributed by atoms with Crippen LogP contribution in [0.1, 0.15) is 6.42 Å². The summed E-state index contributed by atoms with van der Waals surface area (Å²) in [5, 5.41) is 0.817. The number of benzene rings is 1. The molecule has 1 amide bonds. The number of ether oxygens (including phenoxy) is 1. The van der Waals surface area contributed by atoms with Crippen LogP contribution in [0.5, 0.6) is 0 Å². The van der Waals surface area contributed by atoms with Gasteiger partial charge in [-0.2, -0.15) is 0 Å². The molecule has 1 aromatic rings. The number of halogens is 1. The second kappa shape index (κ2) is 6.75. The zero-order valence-corrected chi connectivity index (χ0v) is 13.6. The van der Waals surface area contributed by atoms with E-state index in [0.29, 0.717) is 6.54 Å². The third-order valence-corrected chi connectivity index (χ3v) is 4.71. The van der Waals surface area contributed by atoms with Gasteiger partial charge in [-0.15, -0.1) is 0 Å². The summed E-state index contributed by atoms with van der Waals surface area (Å²) in [6.45, 7) is 5.67. The standard InChI is InChI=1S/C16H22ClN3O2/c1-18-12-13(22-16(18)21)6-7-19-8-10-20(11-9-19)15-5-3-2-4-14(15)17/h2-5,13H,6-12H2,1H3. The van der Waals surface area contributed by atoms with Gasteiger partial charge in [0.15, 0.2) is 0 Å². The molecule has 0 N–H and O–H groups in total. The van der Waals surface area contributed by atoms with Crippen molar-refractivity contribution >= 4 is 23.4 Å². The predicted octanol–water partition coefficient (Wildman–Crippen LogP) is 2.30. The lowest BCUT2D eigenvalue weighted by Gasteiger charge is -2.36. The fraction of sp³-hybridized carbons (Fsp3) is 0.562. The Bertz CT molecular complexity index is 532. The van der Waals surface area contributed by atoms with Crippen molar-refractivity contribution in [3.63, 3.8) is 0 Å². The topological polar surface area (TPSA) is 36.0 Å². The highest BCUT2D eigenvalue weighted by atomic mass is 35.5. The first-order chi connectivity index (χ1) is 10.6. The van der Waals surface area contributed by atoms with E-state index in [-0.39, 0.29) is 12.2 Å². The molecular formula is C16H22ClN3O2. The minimum atomic E-state index is -0.200. The Morgan fingerprint density at radius 3 is 2.59 bits per heavy atom. The lowest BCUT2D eigenvalue weighted by atomic mass is 10.2. The summed E-state index contributed by atoms with van der Waals surface area (Å²) in [4.78, 5) is 17.7. The van der Waals surface area contributed by atoms with Crippen molar-refractivity contribution in [3.8, 4) is 0 Å². The minimum Gasteiger partial charge on any atom is -0.444 e. The maximum atomic E-state index is 11.3. The maximum Gasteiger partial charge on any atom is 0.409 e. The summed E-state index contributed by atoms with van der Waals surface area (Å²) in [6.07, 6.45) is 0.745. The van der Waals surface area contributed by atoms with E-state index in [4.69, 9.17) is 16.3 Å². The van der Waals surface area contributed by atoms with Crippen LogP contribution in [-0.2, 0) is 4.74 Å². The van der Waals surface area contributed by atoms with Crippen LogP contribution in [0.2, 0.25) is 5.02 Å². The number of hydrogen-bond acceptors (Lipinski definition) is 4. The Balaban J connectivity index is 1.44. The van der Waals surface area contributed by atoms with Crippen molar-refractivity contribution in [1.29, 1.82) is 0 Å². The minimum absolute atomic E-state index is 0.0408. The highest BCUT2D eigenvalue weighted by Gasteiger charge is 2.28. The molecule has 2 aliphatic heterocycles. The number of para-hydroxylation sites is 1. The molecule has 5 nitrogen and oxygen atoms in total. The third kappa shape index (κ3) is 3.47. The zero-order valence-electron chi connectivity index (χ0n) is 12.9. The second-order valence-electron chi connectivity index (χ2n) is 5.96. The van der Waals surface area contributed by atoms with Gasteiger partial charge in [-0.05, 0) is 18.6 Å². The fourth-order valence-corrected chi connectivity index (χ4v) is 3.30. The van der Waals surface area contributed by atoms with Crippen LogP contribution >= 0.6 is 11.6 Å². The molecule has 2 aliphatic rings. The van der Waals surface area contributed by atoms with Gasteiger partial charge in [0.25, 0.3) is 0 Å². The summed E-state index contributed by atoms with van der Waals surface area (Å²) in [5.41, 5.74) is 1.12. The van der Waals surface area contributed by atoms with Crippen LogP contribution in [0.3, 0.4) is 0 Å². The van der Waals surface area contributed by atoms with E-state index < -0.39 is 0 Å². The molecule has 0 aromatic heterocycles. The molecule has 2 fully saturated rings. The number of cyclic esters (lactones) is 1. The molecule has 2 saturated heterocycles. The molecule has 1 aromatic carbocycles. The number of rotatable bonds is 4. The fourth-order valence-electron chi connectivity index (χ4n) is 3.05. The van der Waals surface area contributed by atoms with Gasteiger partial charge in [-0.25, -0.2) is 4.79 Å². The highest BCUT2D eigenvalue weighted by Crippen LogP contribution is 2.26. The first-order valence-electron chi connectivity index (χ1n) is 7.77. The molecule has 0 saturated carbocycles. The highest BCUT2D eigenvalue weighted by molar-refractivity contribution is 6.33. The molecule has 3 rings (SSSR count). The number of likely N-dealkylation sites (N-methyl/N-ethyl adjacent to an activating group) is 1. The average Bonchev–Trinajstić information content (AvgIpc) is 2.85. The van der Waals surface area contributed by atoms with Gasteiger partial charge < -0.3 is 14.5 Å². The number of piperazine rings is 1. The van der Waals surface area contributed by atoms with Crippen molar-refractivity contribution in [2.45, 2.75) is 12.5 Å². The number of carbonyl (C=O) groups is 1. The number of nitrogens with zero attached hydrogens (tertiary/aromatic N) is 3. The van der Waals surface area contributed by atoms with Crippen LogP contribution in [0.25, 0.3) is 0 Å². The van der Waals surface area contributed by atoms with Gasteiger partial charge in [0.2, 0.25) is 0 Å². The van der Waals surface area contributed by atoms with E-state index in [1.165, 1.54) is 0 Å². The molecule has 6 heteroatoms. The van der Waals surface area contributed by atoms with Crippen molar-refractivity contribution in [2.24, 2.45) is 0 Å². The summed E-state index contributed by atoms with van der Waals surface area (Å²) in [6, 6.07) is 8.00. The molecule has 0 radical (unpaired) electrons. The molecule has 0 spiro atoms. The zero-order chi connectivity index (χ0) is 15.5. The van der Waals surface area contributed by atoms with E-state index >= 15 is 0 Å². The van der Waals surface area contributed by atoms with Crippen molar-refractivity contribution in [3.05, 3.63) is 29.3 Å². The largest absolute Gasteiger partial charge is 0.444 e. The molecular weight excluding hydrogens is 302 g/mol. The summed E-state index contributed by atoms with van der Waals surface area (Å²) in [5.74, 6) is 0. The van der Waals surface area contributed by atoms with E-state index in [9.17, 15) is 4.79 Å². The molecule has 22 heavy (non-hydrogen) atoms. The van der Waals surface area contributed by atoms with Gasteiger partial charge in [0, 0.05) is 39.8 Å². The summed E-state index contributed by atoms with van der Waals surface area (Å²) >= 11 is 6.26. The Morgan fingerprint density at radius 2 is 1.95 bits per heavy atom. The lowest BCUT2D eigenvalue weighted by Crippen LogP contribution is -2.47. The molecule has 120 valence electrons. The SMILES string of the molecule is CN1CC(CCN2CCN(c3ccccc3Cl)CC2)OC1=O. The first-order valence-corrected chi connectivity index (χ1v) is 8.15. The Labute approximate surface area is 136 Å². The molecule has 1 unspecified atom stereocenters. The Hall–Kier alpha value is -1.46. The Kier molecular flexibility index (Phi) is 4.74. The first kappa shape index (κ1) is 15.4. The Morgan fingerprint density at radius 1 is 1.23 bits per heavy atom. The maximum absolute atomic E-state index is 11.3. The normalized spacial score (nSPS) is 23.0. The van der Waals surface area contributed by atoms with E-state index in [1.54, 1.807) is 11.9 Å². The van der Waals surface area contributed by atoms with Gasteiger partial charge in [0.1, 0.15) is 6.10 Å². The van der Waals surface area contributed by atoms with E-state index in [2.05, 4.69) is 15.9 Å². The van der Waals surface area contributed by atoms with Crippen LogP contribution in [-0.4, -0.2) is 68.3 Å². The molecule has 0 bridgehead atoms. The number of amides is 1. The summed E-state index contributed by atoms with van der Waals surface area (Å²) < 4.78 is 5.30. The van der Waals surface area contributed by atoms with Crippen molar-refractivity contribution < 1.29 is 9.53 Å². The monoisotopic (exact) mass is 323 g/mol. The quantitative estimate of drug-likeness (QED) is 0.852. The van der Waals surface area contributed by atoms with Gasteiger partial charge in [-0.1, -0.05) is 23.7 Å². The average molecular weight is 324 g/mol. The number of anilines is 1. The molecule has 0 aliphatic carbocycles. The van der Waals surface area contributed by atoms with Crippen LogP contribution in [0, 0.1) is 0 Å². The predicted molar refractivity (Wildman–Crippen MR) is 87.6 cm³/mol. The van der Waals surface area contributed by atoms with Gasteiger partial charge >= 0.3 is 6.09 Å². The number of hydrogen-bond donors (Lipinski definition) is 0. The molecule has 1 atom stereocenters. The van der Waals surface area contributed by atoms with E-state index in [1.807, 2.05) is 18.2 Å². The second-order valence-corrected chi connectivity index (χ2v) is 6.36. The molecule has 2 heterocycles. The van der Waals surface area contributed by atoms with Crippen molar-refractivity contribution in [1.82, 2.24) is 9.80 Å². The smallest absolute Gasteiger partial charge is 0.409 e. The van der Waals surface area contributed by atoms with E-state index in [0.717, 1.165) is 49.9 Å². The van der Waals surface area contributed by atoms with Crippen LogP contribution < -0.4 is 4.90 Å². The van der Waals surface area contributed by atoms with Crippen LogP contribution in [0.4, 0.5) is 10.5 Å². The summed E-state index contributed by atoms with van der Waals surface area (Å²) in [7, 11) is 1.78. The van der Waals surface area contributed by atoms with Crippen molar-refractivity contribution in [2.75, 3.05) is 51.2 Å². The van der Waals surface area contributed by atoms with Gasteiger partial charge in [0.05, 0.1) is 17.3 Å². The number of carbonyl (C=O) groups excluding carboxylic acids is 1. The lowest BCUT2D eigenvalue weighted by molar-refractivity contribution is 0.121. The van der Waals surface area contributed by atoms with Gasteiger partial charge in [-0.3, -0.25) is 4.90 Å².